The van der Waals surface area contributed by atoms with Gasteiger partial charge < -0.3 is 10.5 Å². The van der Waals surface area contributed by atoms with E-state index in [1.54, 1.807) is 0 Å². The highest BCUT2D eigenvalue weighted by Crippen LogP contribution is 2.33. The maximum atomic E-state index is 13.5. The number of rotatable bonds is 6. The summed E-state index contributed by atoms with van der Waals surface area (Å²) < 4.78 is 45.2. The van der Waals surface area contributed by atoms with Crippen LogP contribution in [0.4, 0.5) is 10.1 Å². The summed E-state index contributed by atoms with van der Waals surface area (Å²) in [6, 6.07) is 2.52. The molecule has 1 aliphatic carbocycles. The minimum atomic E-state index is -3.67. The fourth-order valence-corrected chi connectivity index (χ4v) is 3.88. The first-order valence-corrected chi connectivity index (χ1v) is 7.88. The zero-order valence-electron chi connectivity index (χ0n) is 11.6. The molecule has 0 bridgehead atoms. The molecular weight excluding hydrogens is 283 g/mol. The van der Waals surface area contributed by atoms with Gasteiger partial charge in [0.25, 0.3) is 0 Å². The zero-order valence-corrected chi connectivity index (χ0v) is 12.4. The van der Waals surface area contributed by atoms with Crippen molar-refractivity contribution in [1.82, 2.24) is 4.31 Å². The van der Waals surface area contributed by atoms with Gasteiger partial charge in [0, 0.05) is 19.7 Å². The number of nitrogens with two attached hydrogens (primary N) is 1. The smallest absolute Gasteiger partial charge is 0.243 e. The van der Waals surface area contributed by atoms with E-state index in [9.17, 15) is 12.8 Å². The highest BCUT2D eigenvalue weighted by molar-refractivity contribution is 7.89. The molecule has 112 valence electrons. The quantitative estimate of drug-likeness (QED) is 0.809. The number of benzene rings is 1. The molecule has 1 fully saturated rings. The molecule has 0 amide bonds. The van der Waals surface area contributed by atoms with Gasteiger partial charge in [0.1, 0.15) is 5.82 Å². The molecule has 0 saturated heterocycles. The number of nitrogens with zero attached hydrogens (tertiary/aromatic N) is 1. The summed E-state index contributed by atoms with van der Waals surface area (Å²) in [5, 5.41) is 0. The Labute approximate surface area is 118 Å². The molecule has 0 aliphatic heterocycles. The van der Waals surface area contributed by atoms with E-state index in [1.807, 2.05) is 0 Å². The number of hydrogen-bond acceptors (Lipinski definition) is 4. The lowest BCUT2D eigenvalue weighted by atomic mass is 10.2. The van der Waals surface area contributed by atoms with Crippen LogP contribution in [0.25, 0.3) is 0 Å². The minimum absolute atomic E-state index is 0.0155. The third-order valence-corrected chi connectivity index (χ3v) is 5.26. The average Bonchev–Trinajstić information content (AvgIpc) is 3.20. The molecule has 1 aliphatic rings. The molecule has 1 aromatic rings. The lowest BCUT2D eigenvalue weighted by Gasteiger charge is -2.22. The van der Waals surface area contributed by atoms with Crippen molar-refractivity contribution >= 4 is 15.7 Å². The molecule has 2 N–H and O–H groups in total. The first-order chi connectivity index (χ1) is 9.37. The molecule has 0 unspecified atom stereocenters. The van der Waals surface area contributed by atoms with Crippen molar-refractivity contribution in [3.05, 3.63) is 23.5 Å². The second-order valence-electron chi connectivity index (χ2n) is 4.98. The van der Waals surface area contributed by atoms with Crippen molar-refractivity contribution < 1.29 is 17.5 Å². The van der Waals surface area contributed by atoms with E-state index in [1.165, 1.54) is 30.5 Å². The first kappa shape index (κ1) is 15.2. The van der Waals surface area contributed by atoms with Gasteiger partial charge in [0.05, 0.1) is 17.2 Å². The van der Waals surface area contributed by atoms with Gasteiger partial charge in [-0.3, -0.25) is 0 Å². The Morgan fingerprint density at radius 2 is 2.10 bits per heavy atom. The van der Waals surface area contributed by atoms with E-state index < -0.39 is 15.8 Å². The summed E-state index contributed by atoms with van der Waals surface area (Å²) in [7, 11) is -2.14. The number of anilines is 1. The SMILES string of the molecule is COCCN(C1CC1)S(=O)(=O)c1cc(C)c(F)c(N)c1. The van der Waals surface area contributed by atoms with E-state index in [0.717, 1.165) is 12.8 Å². The van der Waals surface area contributed by atoms with Gasteiger partial charge in [-0.1, -0.05) is 0 Å². The standard InChI is InChI=1S/C13H19FN2O3S/c1-9-7-11(8-12(15)13(9)14)20(17,18)16(5-6-19-2)10-3-4-10/h7-8,10H,3-6,15H2,1-2H3. The molecule has 0 heterocycles. The average molecular weight is 302 g/mol. The Hall–Kier alpha value is -1.18. The predicted octanol–water partition coefficient (Wildman–Crippen LogP) is 1.52. The lowest BCUT2D eigenvalue weighted by Crippen LogP contribution is -2.36. The summed E-state index contributed by atoms with van der Waals surface area (Å²) in [4.78, 5) is 0.0388. The Balaban J connectivity index is 2.37. The number of ether oxygens (including phenoxy) is 1. The molecule has 1 aromatic carbocycles. The minimum Gasteiger partial charge on any atom is -0.396 e. The van der Waals surface area contributed by atoms with Gasteiger partial charge in [-0.15, -0.1) is 0 Å². The third kappa shape index (κ3) is 2.94. The van der Waals surface area contributed by atoms with Crippen molar-refractivity contribution in [2.45, 2.75) is 30.7 Å². The zero-order chi connectivity index (χ0) is 14.9. The molecule has 0 spiro atoms. The number of nitrogen functional groups attached to an aromatic ring is 1. The van der Waals surface area contributed by atoms with Crippen LogP contribution in [0.15, 0.2) is 17.0 Å². The van der Waals surface area contributed by atoms with Crippen molar-refractivity contribution in [2.75, 3.05) is 26.0 Å². The van der Waals surface area contributed by atoms with Gasteiger partial charge in [0.2, 0.25) is 10.0 Å². The first-order valence-electron chi connectivity index (χ1n) is 6.44. The number of aryl methyl sites for hydroxylation is 1. The summed E-state index contributed by atoms with van der Waals surface area (Å²) in [5.74, 6) is -0.571. The van der Waals surface area contributed by atoms with Gasteiger partial charge in [-0.2, -0.15) is 4.31 Å². The molecule has 2 rings (SSSR count). The number of halogens is 1. The molecular formula is C13H19FN2O3S. The third-order valence-electron chi connectivity index (χ3n) is 3.33. The molecule has 5 nitrogen and oxygen atoms in total. The van der Waals surface area contributed by atoms with Crippen molar-refractivity contribution in [3.8, 4) is 0 Å². The Kier molecular flexibility index (Phi) is 4.31. The topological polar surface area (TPSA) is 72.6 Å². The summed E-state index contributed by atoms with van der Waals surface area (Å²) in [6.45, 7) is 2.12. The normalized spacial score (nSPS) is 15.8. The number of hydrogen-bond donors (Lipinski definition) is 1. The summed E-state index contributed by atoms with van der Waals surface area (Å²) >= 11 is 0. The lowest BCUT2D eigenvalue weighted by molar-refractivity contribution is 0.177. The number of methoxy groups -OCH3 is 1. The fraction of sp³-hybridized carbons (Fsp3) is 0.538. The van der Waals surface area contributed by atoms with E-state index in [4.69, 9.17) is 10.5 Å². The maximum Gasteiger partial charge on any atom is 0.243 e. The second-order valence-corrected chi connectivity index (χ2v) is 6.87. The van der Waals surface area contributed by atoms with Crippen LogP contribution in [0.2, 0.25) is 0 Å². The van der Waals surface area contributed by atoms with Gasteiger partial charge in [0.15, 0.2) is 0 Å². The Morgan fingerprint density at radius 3 is 2.60 bits per heavy atom. The molecule has 0 radical (unpaired) electrons. The maximum absolute atomic E-state index is 13.5. The van der Waals surface area contributed by atoms with Crippen LogP contribution in [0.5, 0.6) is 0 Å². The molecule has 1 saturated carbocycles. The van der Waals surface area contributed by atoms with E-state index in [-0.39, 0.29) is 22.2 Å². The Bertz CT molecular complexity index is 577. The van der Waals surface area contributed by atoms with Crippen LogP contribution in [0, 0.1) is 12.7 Å². The van der Waals surface area contributed by atoms with Crippen LogP contribution < -0.4 is 5.73 Å². The summed E-state index contributed by atoms with van der Waals surface area (Å²) in [5.41, 5.74) is 5.61. The fourth-order valence-electron chi connectivity index (χ4n) is 2.09. The number of sulfonamides is 1. The van der Waals surface area contributed by atoms with Crippen LogP contribution in [0.1, 0.15) is 18.4 Å². The van der Waals surface area contributed by atoms with E-state index in [0.29, 0.717) is 13.2 Å². The molecule has 0 atom stereocenters. The van der Waals surface area contributed by atoms with Crippen molar-refractivity contribution in [1.29, 1.82) is 0 Å². The van der Waals surface area contributed by atoms with Gasteiger partial charge >= 0.3 is 0 Å². The molecule has 20 heavy (non-hydrogen) atoms. The summed E-state index contributed by atoms with van der Waals surface area (Å²) in [6.07, 6.45) is 1.69. The van der Waals surface area contributed by atoms with E-state index in [2.05, 4.69) is 0 Å². The predicted molar refractivity (Wildman–Crippen MR) is 74.3 cm³/mol. The molecule has 0 aromatic heterocycles. The van der Waals surface area contributed by atoms with Crippen LogP contribution in [0.3, 0.4) is 0 Å². The molecule has 7 heteroatoms. The van der Waals surface area contributed by atoms with Crippen molar-refractivity contribution in [2.24, 2.45) is 0 Å². The van der Waals surface area contributed by atoms with Gasteiger partial charge in [-0.25, -0.2) is 12.8 Å². The highest BCUT2D eigenvalue weighted by atomic mass is 32.2. The van der Waals surface area contributed by atoms with Crippen LogP contribution >= 0.6 is 0 Å². The van der Waals surface area contributed by atoms with Gasteiger partial charge in [-0.05, 0) is 37.5 Å². The highest BCUT2D eigenvalue weighted by Gasteiger charge is 2.38. The van der Waals surface area contributed by atoms with E-state index >= 15 is 0 Å². The van der Waals surface area contributed by atoms with Crippen LogP contribution in [-0.2, 0) is 14.8 Å². The van der Waals surface area contributed by atoms with Crippen molar-refractivity contribution in [3.63, 3.8) is 0 Å². The largest absolute Gasteiger partial charge is 0.396 e. The van der Waals surface area contributed by atoms with Crippen LogP contribution in [-0.4, -0.2) is 39.0 Å². The Morgan fingerprint density at radius 1 is 1.45 bits per heavy atom. The monoisotopic (exact) mass is 302 g/mol. The second kappa shape index (κ2) is 5.67.